The van der Waals surface area contributed by atoms with Gasteiger partial charge in [0.2, 0.25) is 27.6 Å². The van der Waals surface area contributed by atoms with Crippen LogP contribution in [0.3, 0.4) is 0 Å². The summed E-state index contributed by atoms with van der Waals surface area (Å²) in [6, 6.07) is -2.80. The van der Waals surface area contributed by atoms with Crippen molar-refractivity contribution in [2.45, 2.75) is 97.2 Å². The van der Waals surface area contributed by atoms with Crippen LogP contribution in [0.1, 0.15) is 79.1 Å². The number of rotatable bonds is 14. The van der Waals surface area contributed by atoms with Gasteiger partial charge in [0, 0.05) is 32.7 Å². The van der Waals surface area contributed by atoms with Gasteiger partial charge in [0.05, 0.1) is 12.3 Å². The highest BCUT2D eigenvalue weighted by atomic mass is 32.2. The molecule has 1 aliphatic heterocycles. The Morgan fingerprint density at radius 3 is 2.26 bits per heavy atom. The third kappa shape index (κ3) is 9.52. The van der Waals surface area contributed by atoms with Gasteiger partial charge in [0.25, 0.3) is 5.91 Å². The van der Waals surface area contributed by atoms with Gasteiger partial charge in [0.15, 0.2) is 0 Å². The minimum Gasteiger partial charge on any atom is -0.347 e. The third-order valence-corrected chi connectivity index (χ3v) is 11.7. The van der Waals surface area contributed by atoms with E-state index in [1.807, 2.05) is 20.8 Å². The van der Waals surface area contributed by atoms with Crippen LogP contribution in [0.4, 0.5) is 4.79 Å². The Morgan fingerprint density at radius 2 is 1.65 bits per heavy atom. The summed E-state index contributed by atoms with van der Waals surface area (Å²) in [5.74, 6) is -2.55. The van der Waals surface area contributed by atoms with Crippen LogP contribution in [0.5, 0.6) is 0 Å². The van der Waals surface area contributed by atoms with Gasteiger partial charge in [-0.3, -0.25) is 19.2 Å². The lowest BCUT2D eigenvalue weighted by molar-refractivity contribution is -0.143. The largest absolute Gasteiger partial charge is 0.347 e. The standard InChI is InChI=1S/C32H54N6O7S/c1-7-17-33-28(40)24(39)18-34-29(41)27-23-16-12-15-22(23)19-38(27)30(42)26(21-13-10-9-11-14-21)36-31(43)35-25(32(3,4)5)20-37(6)46(44,45)8-2/h7,21-23,25-27H,1,8-20H2,2-6H3,(H,33,40)(H,34,41)(H2,35,36,43)/t22-,23-,25+,26-,27-/m0/s1. The summed E-state index contributed by atoms with van der Waals surface area (Å²) in [4.78, 5) is 67.5. The number of Topliss-reactive ketones (excluding diaryl/α,β-unsaturated/α-hetero) is 1. The van der Waals surface area contributed by atoms with E-state index in [-0.39, 0.29) is 42.5 Å². The Labute approximate surface area is 274 Å². The van der Waals surface area contributed by atoms with Crippen LogP contribution < -0.4 is 21.3 Å². The predicted octanol–water partition coefficient (Wildman–Crippen LogP) is 1.55. The summed E-state index contributed by atoms with van der Waals surface area (Å²) < 4.78 is 26.2. The molecule has 1 heterocycles. The fraction of sp³-hybridized carbons (Fsp3) is 0.781. The quantitative estimate of drug-likeness (QED) is 0.161. The molecule has 3 rings (SSSR count). The second kappa shape index (κ2) is 16.2. The van der Waals surface area contributed by atoms with Gasteiger partial charge in [-0.05, 0) is 55.8 Å². The van der Waals surface area contributed by atoms with Crippen molar-refractivity contribution in [1.82, 2.24) is 30.5 Å². The van der Waals surface area contributed by atoms with E-state index in [0.717, 1.165) is 51.4 Å². The minimum atomic E-state index is -3.48. The molecule has 2 saturated carbocycles. The average Bonchev–Trinajstić information content (AvgIpc) is 3.62. The maximum atomic E-state index is 14.4. The van der Waals surface area contributed by atoms with Crippen LogP contribution >= 0.6 is 0 Å². The van der Waals surface area contributed by atoms with Crippen molar-refractivity contribution in [2.24, 2.45) is 23.2 Å². The normalized spacial score (nSPS) is 23.3. The molecule has 14 heteroatoms. The summed E-state index contributed by atoms with van der Waals surface area (Å²) in [5.41, 5.74) is -0.491. The number of carbonyl (C=O) groups excluding carboxylic acids is 5. The number of carbonyl (C=O) groups is 5. The molecule has 0 aromatic carbocycles. The smallest absolute Gasteiger partial charge is 0.315 e. The Hall–Kier alpha value is -3.00. The molecule has 5 amide bonds. The third-order valence-electron chi connectivity index (χ3n) is 9.83. The fourth-order valence-electron chi connectivity index (χ4n) is 6.98. The van der Waals surface area contributed by atoms with E-state index in [2.05, 4.69) is 27.8 Å². The lowest BCUT2D eigenvalue weighted by atomic mass is 9.83. The molecule has 3 fully saturated rings. The van der Waals surface area contributed by atoms with Crippen LogP contribution in [0.25, 0.3) is 0 Å². The zero-order valence-electron chi connectivity index (χ0n) is 28.1. The number of urea groups is 1. The maximum Gasteiger partial charge on any atom is 0.315 e. The summed E-state index contributed by atoms with van der Waals surface area (Å²) in [6.45, 7) is 10.9. The Balaban J connectivity index is 1.80. The zero-order valence-corrected chi connectivity index (χ0v) is 28.9. The van der Waals surface area contributed by atoms with Crippen LogP contribution in [-0.4, -0.2) is 104 Å². The first-order valence-electron chi connectivity index (χ1n) is 16.6. The monoisotopic (exact) mass is 666 g/mol. The molecule has 0 spiro atoms. The highest BCUT2D eigenvalue weighted by Gasteiger charge is 2.51. The van der Waals surface area contributed by atoms with E-state index in [0.29, 0.717) is 6.54 Å². The summed E-state index contributed by atoms with van der Waals surface area (Å²) in [5, 5.41) is 10.9. The van der Waals surface area contributed by atoms with Gasteiger partial charge in [-0.15, -0.1) is 6.58 Å². The molecule has 0 radical (unpaired) electrons. The van der Waals surface area contributed by atoms with E-state index in [1.54, 1.807) is 11.8 Å². The summed E-state index contributed by atoms with van der Waals surface area (Å²) >= 11 is 0. The van der Waals surface area contributed by atoms with Gasteiger partial charge in [-0.25, -0.2) is 17.5 Å². The molecular formula is C32H54N6O7S. The van der Waals surface area contributed by atoms with Crippen molar-refractivity contribution < 1.29 is 32.4 Å². The van der Waals surface area contributed by atoms with Crippen molar-refractivity contribution in [2.75, 3.05) is 39.0 Å². The van der Waals surface area contributed by atoms with E-state index >= 15 is 0 Å². The van der Waals surface area contributed by atoms with Gasteiger partial charge in [0.1, 0.15) is 12.1 Å². The first-order chi connectivity index (χ1) is 21.6. The molecule has 3 aliphatic rings. The molecule has 0 aromatic heterocycles. The van der Waals surface area contributed by atoms with E-state index in [4.69, 9.17) is 0 Å². The van der Waals surface area contributed by atoms with Crippen molar-refractivity contribution in [3.05, 3.63) is 12.7 Å². The molecule has 46 heavy (non-hydrogen) atoms. The fourth-order valence-corrected chi connectivity index (χ4v) is 7.80. The van der Waals surface area contributed by atoms with Gasteiger partial charge in [-0.1, -0.05) is 52.5 Å². The SMILES string of the molecule is C=CCNC(=O)C(=O)CNC(=O)[C@@H]1[C@H]2CCC[C@H]2CN1C(=O)[C@@H](NC(=O)N[C@H](CN(C)S(=O)(=O)CC)C(C)(C)C)C1CCCCC1. The van der Waals surface area contributed by atoms with Gasteiger partial charge >= 0.3 is 6.03 Å². The minimum absolute atomic E-state index is 0.0615. The number of ketones is 1. The Kier molecular flexibility index (Phi) is 13.2. The lowest BCUT2D eigenvalue weighted by Gasteiger charge is -2.37. The Morgan fingerprint density at radius 1 is 0.978 bits per heavy atom. The Bertz CT molecular complexity index is 1240. The zero-order chi connectivity index (χ0) is 34.2. The number of likely N-dealkylation sites (N-methyl/N-ethyl adjacent to an activating group) is 1. The molecule has 0 bridgehead atoms. The van der Waals surface area contributed by atoms with Gasteiger partial charge in [-0.2, -0.15) is 0 Å². The number of hydrogen-bond acceptors (Lipinski definition) is 7. The van der Waals surface area contributed by atoms with Crippen molar-refractivity contribution >= 4 is 39.6 Å². The van der Waals surface area contributed by atoms with Crippen molar-refractivity contribution in [1.29, 1.82) is 0 Å². The molecule has 5 atom stereocenters. The molecule has 2 aliphatic carbocycles. The highest BCUT2D eigenvalue weighted by Crippen LogP contribution is 2.43. The molecule has 13 nitrogen and oxygen atoms in total. The molecule has 1 saturated heterocycles. The first-order valence-corrected chi connectivity index (χ1v) is 18.2. The molecular weight excluding hydrogens is 612 g/mol. The number of sulfonamides is 1. The van der Waals surface area contributed by atoms with Crippen LogP contribution in [0.2, 0.25) is 0 Å². The predicted molar refractivity (Wildman–Crippen MR) is 175 cm³/mol. The van der Waals surface area contributed by atoms with E-state index in [9.17, 15) is 32.4 Å². The lowest BCUT2D eigenvalue weighted by Crippen LogP contribution is -2.60. The first kappa shape index (κ1) is 37.5. The topological polar surface area (TPSA) is 174 Å². The second-order valence-corrected chi connectivity index (χ2v) is 16.4. The van der Waals surface area contributed by atoms with E-state index < -0.39 is 63.7 Å². The van der Waals surface area contributed by atoms with Crippen molar-refractivity contribution in [3.63, 3.8) is 0 Å². The second-order valence-electron chi connectivity index (χ2n) is 14.0. The summed E-state index contributed by atoms with van der Waals surface area (Å²) in [6.07, 6.45) is 8.43. The number of amides is 5. The number of nitrogens with one attached hydrogen (secondary N) is 4. The highest BCUT2D eigenvalue weighted by molar-refractivity contribution is 7.89. The van der Waals surface area contributed by atoms with E-state index in [1.165, 1.54) is 17.4 Å². The van der Waals surface area contributed by atoms with Crippen LogP contribution in [0, 0.1) is 23.2 Å². The summed E-state index contributed by atoms with van der Waals surface area (Å²) in [7, 11) is -1.99. The number of hydrogen-bond donors (Lipinski definition) is 4. The molecule has 4 N–H and O–H groups in total. The number of fused-ring (bicyclic) bond motifs is 1. The van der Waals surface area contributed by atoms with Gasteiger partial charge < -0.3 is 26.2 Å². The molecule has 0 unspecified atom stereocenters. The number of likely N-dealkylation sites (tertiary alicyclic amines) is 1. The van der Waals surface area contributed by atoms with Crippen molar-refractivity contribution in [3.8, 4) is 0 Å². The average molecular weight is 667 g/mol. The van der Waals surface area contributed by atoms with Crippen LogP contribution in [-0.2, 0) is 29.2 Å². The molecule has 260 valence electrons. The maximum absolute atomic E-state index is 14.4. The van der Waals surface area contributed by atoms with Crippen LogP contribution in [0.15, 0.2) is 12.7 Å². The molecule has 0 aromatic rings. The number of nitrogens with zero attached hydrogens (tertiary/aromatic N) is 2.